The van der Waals surface area contributed by atoms with Gasteiger partial charge in [-0.25, -0.2) is 0 Å². The van der Waals surface area contributed by atoms with Gasteiger partial charge < -0.3 is 9.47 Å². The van der Waals surface area contributed by atoms with E-state index >= 15 is 0 Å². The minimum Gasteiger partial charge on any atom is -0.464 e. The Bertz CT molecular complexity index is 336. The fraction of sp³-hybridized carbons (Fsp3) is 0.333. The number of hydrogen-bond donors (Lipinski definition) is 0. The van der Waals surface area contributed by atoms with Crippen LogP contribution in [0.2, 0.25) is 0 Å². The molecule has 0 aromatic heterocycles. The third-order valence-electron chi connectivity index (χ3n) is 1.89. The Balaban J connectivity index is 2.73. The van der Waals surface area contributed by atoms with Gasteiger partial charge in [-0.3, -0.25) is 0 Å². The zero-order valence-corrected chi connectivity index (χ0v) is 11.2. The highest BCUT2D eigenvalue weighted by atomic mass is 127. The molecule has 0 saturated carbocycles. The molecule has 0 fully saturated rings. The molecule has 0 bridgehead atoms. The first-order valence-electron chi connectivity index (χ1n) is 4.87. The van der Waals surface area contributed by atoms with Crippen molar-refractivity contribution in [3.63, 3.8) is 0 Å². The van der Waals surface area contributed by atoms with E-state index in [1.54, 1.807) is 0 Å². The van der Waals surface area contributed by atoms with Crippen LogP contribution >= 0.6 is 22.6 Å². The molecule has 0 aliphatic rings. The number of hydrogen-bond acceptors (Lipinski definition) is 2. The molecule has 0 heterocycles. The first-order valence-corrected chi connectivity index (χ1v) is 5.95. The quantitative estimate of drug-likeness (QED) is 0.609. The van der Waals surface area contributed by atoms with Crippen molar-refractivity contribution in [1.29, 1.82) is 0 Å². The van der Waals surface area contributed by atoms with Gasteiger partial charge in [0.2, 0.25) is 0 Å². The van der Waals surface area contributed by atoms with Crippen LogP contribution in [0.3, 0.4) is 0 Å². The second kappa shape index (κ2) is 6.12. The van der Waals surface area contributed by atoms with Gasteiger partial charge in [0.15, 0.2) is 6.29 Å². The van der Waals surface area contributed by atoms with Crippen molar-refractivity contribution < 1.29 is 9.47 Å². The fourth-order valence-electron chi connectivity index (χ4n) is 1.19. The summed E-state index contributed by atoms with van der Waals surface area (Å²) >= 11 is 2.24. The molecule has 0 amide bonds. The van der Waals surface area contributed by atoms with Crippen molar-refractivity contribution in [2.45, 2.75) is 20.1 Å². The minimum atomic E-state index is -0.210. The Morgan fingerprint density at radius 1 is 1.53 bits per heavy atom. The summed E-state index contributed by atoms with van der Waals surface area (Å²) < 4.78 is 12.0. The summed E-state index contributed by atoms with van der Waals surface area (Å²) in [7, 11) is 0. The van der Waals surface area contributed by atoms with Gasteiger partial charge in [-0.05, 0) is 54.1 Å². The molecule has 2 nitrogen and oxygen atoms in total. The normalized spacial score (nSPS) is 12.2. The van der Waals surface area contributed by atoms with Crippen LogP contribution in [-0.4, -0.2) is 12.9 Å². The van der Waals surface area contributed by atoms with Crippen molar-refractivity contribution in [3.8, 4) is 5.75 Å². The lowest BCUT2D eigenvalue weighted by Crippen LogP contribution is -2.16. The highest BCUT2D eigenvalue weighted by molar-refractivity contribution is 14.1. The van der Waals surface area contributed by atoms with Gasteiger partial charge in [0, 0.05) is 6.61 Å². The number of ether oxygens (including phenoxy) is 2. The van der Waals surface area contributed by atoms with Gasteiger partial charge in [0.05, 0.1) is 3.57 Å². The average molecular weight is 318 g/mol. The summed E-state index contributed by atoms with van der Waals surface area (Å²) in [5, 5.41) is 0. The Morgan fingerprint density at radius 3 is 2.80 bits per heavy atom. The molecular weight excluding hydrogens is 303 g/mol. The van der Waals surface area contributed by atoms with Gasteiger partial charge in [-0.2, -0.15) is 0 Å². The predicted octanol–water partition coefficient (Wildman–Crippen LogP) is 3.70. The molecule has 0 spiro atoms. The van der Waals surface area contributed by atoms with Crippen molar-refractivity contribution in [1.82, 2.24) is 0 Å². The van der Waals surface area contributed by atoms with Crippen LogP contribution in [-0.2, 0) is 4.74 Å². The highest BCUT2D eigenvalue weighted by Gasteiger charge is 2.06. The van der Waals surface area contributed by atoms with Crippen LogP contribution < -0.4 is 4.74 Å². The second-order valence-electron chi connectivity index (χ2n) is 3.03. The summed E-state index contributed by atoms with van der Waals surface area (Å²) in [6.07, 6.45) is 1.61. The molecule has 1 aromatic carbocycles. The third kappa shape index (κ3) is 3.83. The van der Waals surface area contributed by atoms with Crippen molar-refractivity contribution in [2.24, 2.45) is 0 Å². The summed E-state index contributed by atoms with van der Waals surface area (Å²) in [6, 6.07) is 5.94. The molecule has 82 valence electrons. The van der Waals surface area contributed by atoms with E-state index in [1.165, 1.54) is 0 Å². The van der Waals surface area contributed by atoms with E-state index in [0.29, 0.717) is 6.61 Å². The van der Waals surface area contributed by atoms with Crippen LogP contribution in [0.25, 0.3) is 6.08 Å². The molecular formula is C12H15IO2. The Kier molecular flexibility index (Phi) is 5.11. The predicted molar refractivity (Wildman–Crippen MR) is 71.0 cm³/mol. The van der Waals surface area contributed by atoms with Gasteiger partial charge in [0.1, 0.15) is 5.75 Å². The molecule has 0 N–H and O–H groups in total. The van der Waals surface area contributed by atoms with E-state index in [4.69, 9.17) is 9.47 Å². The maximum atomic E-state index is 5.62. The fourth-order valence-corrected chi connectivity index (χ4v) is 1.85. The monoisotopic (exact) mass is 318 g/mol. The number of halogens is 1. The number of rotatable bonds is 5. The topological polar surface area (TPSA) is 18.5 Å². The third-order valence-corrected chi connectivity index (χ3v) is 2.73. The molecule has 1 unspecified atom stereocenters. The van der Waals surface area contributed by atoms with Crippen LogP contribution in [0.15, 0.2) is 24.8 Å². The van der Waals surface area contributed by atoms with Gasteiger partial charge in [-0.15, -0.1) is 0 Å². The van der Waals surface area contributed by atoms with E-state index in [0.717, 1.165) is 14.9 Å². The zero-order valence-electron chi connectivity index (χ0n) is 9.00. The van der Waals surface area contributed by atoms with Crippen LogP contribution in [0.5, 0.6) is 5.75 Å². The molecule has 0 radical (unpaired) electrons. The maximum Gasteiger partial charge on any atom is 0.197 e. The maximum absolute atomic E-state index is 5.62. The molecule has 15 heavy (non-hydrogen) atoms. The Hall–Kier alpha value is -0.550. The molecule has 0 saturated heterocycles. The number of benzene rings is 1. The van der Waals surface area contributed by atoms with Crippen LogP contribution in [0.1, 0.15) is 19.4 Å². The van der Waals surface area contributed by atoms with E-state index in [9.17, 15) is 0 Å². The van der Waals surface area contributed by atoms with Gasteiger partial charge in [0.25, 0.3) is 0 Å². The van der Waals surface area contributed by atoms with Crippen molar-refractivity contribution >= 4 is 28.7 Å². The SMILES string of the molecule is C=Cc1ccc(OC(C)OCC)c(I)c1. The highest BCUT2D eigenvalue weighted by Crippen LogP contribution is 2.23. The molecule has 0 aliphatic carbocycles. The standard InChI is InChI=1S/C12H15IO2/c1-4-10-6-7-12(11(13)8-10)15-9(3)14-5-2/h4,6-9H,1,5H2,2-3H3. The lowest BCUT2D eigenvalue weighted by atomic mass is 10.2. The summed E-state index contributed by atoms with van der Waals surface area (Å²) in [4.78, 5) is 0. The molecule has 3 heteroatoms. The lowest BCUT2D eigenvalue weighted by Gasteiger charge is -2.15. The summed E-state index contributed by atoms with van der Waals surface area (Å²) in [5.41, 5.74) is 1.09. The van der Waals surface area contributed by atoms with Crippen LogP contribution in [0.4, 0.5) is 0 Å². The molecule has 1 rings (SSSR count). The van der Waals surface area contributed by atoms with E-state index in [2.05, 4.69) is 29.2 Å². The Morgan fingerprint density at radius 2 is 2.27 bits per heavy atom. The van der Waals surface area contributed by atoms with Gasteiger partial charge in [-0.1, -0.05) is 18.7 Å². The van der Waals surface area contributed by atoms with Crippen molar-refractivity contribution in [2.75, 3.05) is 6.61 Å². The smallest absolute Gasteiger partial charge is 0.197 e. The first kappa shape index (κ1) is 12.5. The van der Waals surface area contributed by atoms with E-state index < -0.39 is 0 Å². The van der Waals surface area contributed by atoms with E-state index in [-0.39, 0.29) is 6.29 Å². The van der Waals surface area contributed by atoms with E-state index in [1.807, 2.05) is 38.1 Å². The molecule has 1 aromatic rings. The molecule has 1 atom stereocenters. The largest absolute Gasteiger partial charge is 0.464 e. The van der Waals surface area contributed by atoms with Gasteiger partial charge >= 0.3 is 0 Å². The lowest BCUT2D eigenvalue weighted by molar-refractivity contribution is -0.0617. The average Bonchev–Trinajstić information content (AvgIpc) is 2.21. The molecule has 0 aliphatic heterocycles. The first-order chi connectivity index (χ1) is 7.17. The summed E-state index contributed by atoms with van der Waals surface area (Å²) in [5.74, 6) is 0.849. The van der Waals surface area contributed by atoms with Crippen LogP contribution in [0, 0.1) is 3.57 Å². The summed E-state index contributed by atoms with van der Waals surface area (Å²) in [6.45, 7) is 8.22. The second-order valence-corrected chi connectivity index (χ2v) is 4.20. The van der Waals surface area contributed by atoms with Crippen molar-refractivity contribution in [3.05, 3.63) is 33.9 Å². The zero-order chi connectivity index (χ0) is 11.3. The minimum absolute atomic E-state index is 0.210. The Labute approximate surface area is 104 Å².